The largest absolute Gasteiger partial charge is 0.425 e. The van der Waals surface area contributed by atoms with Crippen molar-refractivity contribution in [2.75, 3.05) is 4.31 Å². The van der Waals surface area contributed by atoms with Gasteiger partial charge in [-0.2, -0.15) is 13.2 Å². The monoisotopic (exact) mass is 523 g/mol. The highest BCUT2D eigenvalue weighted by Gasteiger charge is 2.56. The lowest BCUT2D eigenvalue weighted by molar-refractivity contribution is -0.248. The van der Waals surface area contributed by atoms with Gasteiger partial charge in [-0.25, -0.2) is 8.42 Å². The SMILES string of the molecule is CC(C)N(c1ccc(C(O)(c2ccccc2)C(F)(F)F)cc1)S(=O)(=O)c1cc(Cl)sc1Cl. The molecule has 2 aromatic carbocycles. The van der Waals surface area contributed by atoms with Gasteiger partial charge in [-0.3, -0.25) is 4.31 Å². The van der Waals surface area contributed by atoms with Crippen LogP contribution in [0, 0.1) is 0 Å². The van der Waals surface area contributed by atoms with Gasteiger partial charge in [-0.15, -0.1) is 11.3 Å². The second-order valence-electron chi connectivity index (χ2n) is 7.20. The van der Waals surface area contributed by atoms with E-state index >= 15 is 0 Å². The first-order valence-electron chi connectivity index (χ1n) is 9.24. The Morgan fingerprint density at radius 1 is 0.969 bits per heavy atom. The maximum Gasteiger partial charge on any atom is 0.425 e. The summed E-state index contributed by atoms with van der Waals surface area (Å²) >= 11 is 12.8. The van der Waals surface area contributed by atoms with Crippen LogP contribution < -0.4 is 4.31 Å². The van der Waals surface area contributed by atoms with Gasteiger partial charge in [0.25, 0.3) is 10.0 Å². The fourth-order valence-electron chi connectivity index (χ4n) is 3.34. The van der Waals surface area contributed by atoms with E-state index in [2.05, 4.69) is 0 Å². The molecule has 3 rings (SSSR count). The second kappa shape index (κ2) is 8.87. The van der Waals surface area contributed by atoms with E-state index < -0.39 is 33.4 Å². The molecule has 1 aromatic heterocycles. The lowest BCUT2D eigenvalue weighted by Gasteiger charge is -2.32. The number of thiophene rings is 1. The zero-order chi connectivity index (χ0) is 23.9. The van der Waals surface area contributed by atoms with E-state index in [0.717, 1.165) is 27.8 Å². The summed E-state index contributed by atoms with van der Waals surface area (Å²) < 4.78 is 69.5. The van der Waals surface area contributed by atoms with Crippen LogP contribution in [0.4, 0.5) is 18.9 Å². The van der Waals surface area contributed by atoms with Crippen LogP contribution in [0.2, 0.25) is 8.67 Å². The molecule has 4 nitrogen and oxygen atoms in total. The molecular weight excluding hydrogens is 506 g/mol. The van der Waals surface area contributed by atoms with E-state index in [-0.39, 0.29) is 24.8 Å². The highest BCUT2D eigenvalue weighted by atomic mass is 35.5. The fraction of sp³-hybridized carbons (Fsp3) is 0.238. The molecule has 0 spiro atoms. The molecule has 0 saturated carbocycles. The van der Waals surface area contributed by atoms with Gasteiger partial charge in [-0.05, 0) is 43.2 Å². The highest BCUT2D eigenvalue weighted by molar-refractivity contribution is 7.93. The number of hydrogen-bond donors (Lipinski definition) is 1. The Balaban J connectivity index is 2.10. The Bertz CT molecular complexity index is 1200. The quantitative estimate of drug-likeness (QED) is 0.403. The molecule has 0 saturated heterocycles. The van der Waals surface area contributed by atoms with E-state index in [1.807, 2.05) is 0 Å². The van der Waals surface area contributed by atoms with Crippen molar-refractivity contribution in [1.29, 1.82) is 0 Å². The number of alkyl halides is 3. The summed E-state index contributed by atoms with van der Waals surface area (Å²) in [5, 5.41) is 10.7. The van der Waals surface area contributed by atoms with Crippen LogP contribution in [0.1, 0.15) is 25.0 Å². The zero-order valence-corrected chi connectivity index (χ0v) is 19.9. The van der Waals surface area contributed by atoms with Gasteiger partial charge in [0.2, 0.25) is 5.60 Å². The van der Waals surface area contributed by atoms with Gasteiger partial charge in [0.15, 0.2) is 0 Å². The molecule has 1 heterocycles. The molecule has 0 fully saturated rings. The summed E-state index contributed by atoms with van der Waals surface area (Å²) in [5.74, 6) is 0. The molecule has 11 heteroatoms. The Hall–Kier alpha value is -1.78. The highest BCUT2D eigenvalue weighted by Crippen LogP contribution is 2.45. The number of anilines is 1. The minimum absolute atomic E-state index is 0.0206. The average Bonchev–Trinajstić information content (AvgIpc) is 3.06. The molecule has 3 aromatic rings. The van der Waals surface area contributed by atoms with Crippen molar-refractivity contribution in [3.63, 3.8) is 0 Å². The number of benzene rings is 2. The summed E-state index contributed by atoms with van der Waals surface area (Å²) in [7, 11) is -4.15. The normalized spacial score (nSPS) is 14.4. The number of nitrogens with zero attached hydrogens (tertiary/aromatic N) is 1. The average molecular weight is 524 g/mol. The molecule has 172 valence electrons. The van der Waals surface area contributed by atoms with Crippen LogP contribution in [0.5, 0.6) is 0 Å². The van der Waals surface area contributed by atoms with Crippen molar-refractivity contribution in [3.05, 3.63) is 80.5 Å². The Morgan fingerprint density at radius 3 is 1.94 bits per heavy atom. The first kappa shape index (κ1) is 24.9. The smallest absolute Gasteiger partial charge is 0.372 e. The van der Waals surface area contributed by atoms with Crippen LogP contribution in [-0.2, 0) is 15.6 Å². The molecule has 0 aliphatic rings. The molecule has 32 heavy (non-hydrogen) atoms. The van der Waals surface area contributed by atoms with Gasteiger partial charge in [0, 0.05) is 6.04 Å². The number of rotatable bonds is 6. The van der Waals surface area contributed by atoms with E-state index in [9.17, 15) is 26.7 Å². The van der Waals surface area contributed by atoms with E-state index in [4.69, 9.17) is 23.2 Å². The van der Waals surface area contributed by atoms with Crippen LogP contribution in [0.15, 0.2) is 65.6 Å². The minimum atomic E-state index is -5.01. The molecule has 1 atom stereocenters. The van der Waals surface area contributed by atoms with Crippen LogP contribution >= 0.6 is 34.5 Å². The third-order valence-corrected chi connectivity index (χ3v) is 8.53. The van der Waals surface area contributed by atoms with Crippen molar-refractivity contribution in [2.24, 2.45) is 0 Å². The topological polar surface area (TPSA) is 57.6 Å². The molecule has 0 amide bonds. The first-order valence-corrected chi connectivity index (χ1v) is 12.3. The lowest BCUT2D eigenvalue weighted by Crippen LogP contribution is -2.43. The summed E-state index contributed by atoms with van der Waals surface area (Å²) in [6.07, 6.45) is -5.01. The van der Waals surface area contributed by atoms with Gasteiger partial charge < -0.3 is 5.11 Å². The zero-order valence-electron chi connectivity index (χ0n) is 16.8. The maximum atomic E-state index is 13.9. The Labute approximate surface area is 197 Å². The van der Waals surface area contributed by atoms with Crippen molar-refractivity contribution in [2.45, 2.75) is 36.6 Å². The van der Waals surface area contributed by atoms with Crippen molar-refractivity contribution in [1.82, 2.24) is 0 Å². The van der Waals surface area contributed by atoms with Crippen molar-refractivity contribution >= 4 is 50.2 Å². The third kappa shape index (κ3) is 4.36. The Morgan fingerprint density at radius 2 is 1.50 bits per heavy atom. The number of hydrogen-bond acceptors (Lipinski definition) is 4. The molecular formula is C21H18Cl2F3NO3S2. The molecule has 1 N–H and O–H groups in total. The van der Waals surface area contributed by atoms with Crippen LogP contribution in [0.3, 0.4) is 0 Å². The van der Waals surface area contributed by atoms with Crippen molar-refractivity contribution in [3.8, 4) is 0 Å². The van der Waals surface area contributed by atoms with Gasteiger partial charge in [0.1, 0.15) is 9.23 Å². The van der Waals surface area contributed by atoms with E-state index in [1.54, 1.807) is 13.8 Å². The van der Waals surface area contributed by atoms with Crippen molar-refractivity contribution < 1.29 is 26.7 Å². The predicted molar refractivity (Wildman–Crippen MR) is 121 cm³/mol. The van der Waals surface area contributed by atoms with E-state index in [1.165, 1.54) is 48.5 Å². The van der Waals surface area contributed by atoms with E-state index in [0.29, 0.717) is 0 Å². The second-order valence-corrected chi connectivity index (χ2v) is 11.3. The molecule has 1 unspecified atom stereocenters. The van der Waals surface area contributed by atoms with Crippen LogP contribution in [-0.4, -0.2) is 25.7 Å². The molecule has 0 aliphatic carbocycles. The Kier molecular flexibility index (Phi) is 6.89. The summed E-state index contributed by atoms with van der Waals surface area (Å²) in [4.78, 5) is -0.192. The number of halogens is 5. The summed E-state index contributed by atoms with van der Waals surface area (Å²) in [6.45, 7) is 3.23. The molecule has 0 bridgehead atoms. The molecule has 0 radical (unpaired) electrons. The minimum Gasteiger partial charge on any atom is -0.372 e. The predicted octanol–water partition coefficient (Wildman–Crippen LogP) is 6.46. The van der Waals surface area contributed by atoms with Gasteiger partial charge >= 0.3 is 6.18 Å². The fourth-order valence-corrected chi connectivity index (χ4v) is 7.12. The maximum absolute atomic E-state index is 13.9. The van der Waals surface area contributed by atoms with Gasteiger partial charge in [-0.1, -0.05) is 65.7 Å². The first-order chi connectivity index (χ1) is 14.8. The standard InChI is InChI=1S/C21H18Cl2F3NO3S2/c1-13(2)27(32(29,30)17-12-18(22)31-19(17)23)16-10-8-15(9-11-16)20(28,21(24,25)26)14-6-4-3-5-7-14/h3-13,28H,1-2H3. The summed E-state index contributed by atoms with van der Waals surface area (Å²) in [5.41, 5.74) is -3.95. The third-order valence-electron chi connectivity index (χ3n) is 4.77. The number of aliphatic hydroxyl groups is 1. The lowest BCUT2D eigenvalue weighted by atomic mass is 9.85. The van der Waals surface area contributed by atoms with Gasteiger partial charge in [0.05, 0.1) is 10.0 Å². The summed E-state index contributed by atoms with van der Waals surface area (Å²) in [6, 6.07) is 11.9. The number of sulfonamides is 1. The molecule has 0 aliphatic heterocycles. The van der Waals surface area contributed by atoms with Crippen LogP contribution in [0.25, 0.3) is 0 Å².